The van der Waals surface area contributed by atoms with Crippen LogP contribution in [-0.4, -0.2) is 50.9 Å². The molecular formula is C12H14F3N3O3. The number of hydrogen-bond acceptors (Lipinski definition) is 3. The second-order valence-electron chi connectivity index (χ2n) is 5.10. The highest BCUT2D eigenvalue weighted by atomic mass is 19.4. The third-order valence-electron chi connectivity index (χ3n) is 3.57. The van der Waals surface area contributed by atoms with E-state index in [-0.39, 0.29) is 5.69 Å². The summed E-state index contributed by atoms with van der Waals surface area (Å²) in [5.74, 6) is -5.87. The van der Waals surface area contributed by atoms with Gasteiger partial charge >= 0.3 is 12.1 Å². The van der Waals surface area contributed by atoms with Crippen molar-refractivity contribution in [2.75, 3.05) is 13.1 Å². The van der Waals surface area contributed by atoms with Gasteiger partial charge in [0, 0.05) is 20.1 Å². The first-order chi connectivity index (χ1) is 9.61. The van der Waals surface area contributed by atoms with Crippen molar-refractivity contribution >= 4 is 11.9 Å². The van der Waals surface area contributed by atoms with Crippen molar-refractivity contribution in [3.63, 3.8) is 0 Å². The Balaban J connectivity index is 2.25. The van der Waals surface area contributed by atoms with E-state index in [1.165, 1.54) is 17.8 Å². The first kappa shape index (κ1) is 15.3. The predicted octanol–water partition coefficient (Wildman–Crippen LogP) is 1.06. The largest absolute Gasteiger partial charge is 0.481 e. The lowest BCUT2D eigenvalue weighted by atomic mass is 9.96. The molecule has 0 aromatic carbocycles. The SMILES string of the molecule is Cc1cc(C(=O)N2C[C@@H](C(F)(F)F)[C@H](C(=O)O)C2)n(C)n1. The molecule has 1 aromatic heterocycles. The molecule has 0 radical (unpaired) electrons. The Morgan fingerprint density at radius 1 is 1.38 bits per heavy atom. The van der Waals surface area contributed by atoms with Crippen LogP contribution in [0.15, 0.2) is 6.07 Å². The number of hydrogen-bond donors (Lipinski definition) is 1. The Kier molecular flexibility index (Phi) is 3.68. The number of alkyl halides is 3. The van der Waals surface area contributed by atoms with E-state index in [0.717, 1.165) is 4.90 Å². The fourth-order valence-electron chi connectivity index (χ4n) is 2.52. The molecule has 2 rings (SSSR count). The zero-order chi connectivity index (χ0) is 15.9. The first-order valence-electron chi connectivity index (χ1n) is 6.20. The van der Waals surface area contributed by atoms with Crippen LogP contribution in [0, 0.1) is 18.8 Å². The highest BCUT2D eigenvalue weighted by Gasteiger charge is 2.53. The molecule has 1 aliphatic heterocycles. The molecule has 1 aliphatic rings. The summed E-state index contributed by atoms with van der Waals surface area (Å²) >= 11 is 0. The summed E-state index contributed by atoms with van der Waals surface area (Å²) in [6.07, 6.45) is -4.65. The Labute approximate surface area is 118 Å². The van der Waals surface area contributed by atoms with E-state index in [9.17, 15) is 22.8 Å². The highest BCUT2D eigenvalue weighted by Crippen LogP contribution is 2.38. The van der Waals surface area contributed by atoms with Crippen molar-refractivity contribution in [2.45, 2.75) is 13.1 Å². The number of carbonyl (C=O) groups is 2. The lowest BCUT2D eigenvalue weighted by Crippen LogP contribution is -2.34. The summed E-state index contributed by atoms with van der Waals surface area (Å²) in [6, 6.07) is 1.46. The second kappa shape index (κ2) is 5.05. The van der Waals surface area contributed by atoms with Crippen molar-refractivity contribution < 1.29 is 27.9 Å². The maximum atomic E-state index is 12.9. The van der Waals surface area contributed by atoms with Gasteiger partial charge in [-0.15, -0.1) is 0 Å². The topological polar surface area (TPSA) is 75.4 Å². The minimum absolute atomic E-state index is 0.138. The van der Waals surface area contributed by atoms with Gasteiger partial charge in [-0.1, -0.05) is 0 Å². The van der Waals surface area contributed by atoms with Gasteiger partial charge in [0.15, 0.2) is 0 Å². The second-order valence-corrected chi connectivity index (χ2v) is 5.10. The van der Waals surface area contributed by atoms with Crippen LogP contribution in [0.5, 0.6) is 0 Å². The van der Waals surface area contributed by atoms with E-state index in [1.807, 2.05) is 0 Å². The van der Waals surface area contributed by atoms with Crippen molar-refractivity contribution in [3.8, 4) is 0 Å². The Morgan fingerprint density at radius 3 is 2.38 bits per heavy atom. The molecule has 21 heavy (non-hydrogen) atoms. The average Bonchev–Trinajstić information content (AvgIpc) is 2.91. The average molecular weight is 305 g/mol. The van der Waals surface area contributed by atoms with Crippen molar-refractivity contribution in [2.24, 2.45) is 18.9 Å². The molecule has 1 saturated heterocycles. The number of likely N-dealkylation sites (tertiary alicyclic amines) is 1. The Bertz CT molecular complexity index is 582. The number of carbonyl (C=O) groups excluding carboxylic acids is 1. The molecule has 6 nitrogen and oxygen atoms in total. The summed E-state index contributed by atoms with van der Waals surface area (Å²) in [5, 5.41) is 12.9. The van der Waals surface area contributed by atoms with Crippen molar-refractivity contribution in [1.29, 1.82) is 0 Å². The maximum Gasteiger partial charge on any atom is 0.394 e. The van der Waals surface area contributed by atoms with Crippen LogP contribution in [0.3, 0.4) is 0 Å². The van der Waals surface area contributed by atoms with Crippen LogP contribution in [0.4, 0.5) is 13.2 Å². The molecule has 1 amide bonds. The zero-order valence-corrected chi connectivity index (χ0v) is 11.4. The normalized spacial score (nSPS) is 22.6. The smallest absolute Gasteiger partial charge is 0.394 e. The monoisotopic (exact) mass is 305 g/mol. The fourth-order valence-corrected chi connectivity index (χ4v) is 2.52. The maximum absolute atomic E-state index is 12.9. The van der Waals surface area contributed by atoms with Crippen molar-refractivity contribution in [1.82, 2.24) is 14.7 Å². The minimum Gasteiger partial charge on any atom is -0.481 e. The molecule has 1 aromatic rings. The third kappa shape index (κ3) is 2.86. The third-order valence-corrected chi connectivity index (χ3v) is 3.57. The number of carboxylic acid groups (broad SMARTS) is 1. The van der Waals surface area contributed by atoms with E-state index >= 15 is 0 Å². The molecule has 0 saturated carbocycles. The molecule has 1 N–H and O–H groups in total. The van der Waals surface area contributed by atoms with E-state index < -0.39 is 43.0 Å². The van der Waals surface area contributed by atoms with Gasteiger partial charge in [0.2, 0.25) is 0 Å². The van der Waals surface area contributed by atoms with Crippen molar-refractivity contribution in [3.05, 3.63) is 17.5 Å². The predicted molar refractivity (Wildman–Crippen MR) is 64.5 cm³/mol. The minimum atomic E-state index is -4.65. The summed E-state index contributed by atoms with van der Waals surface area (Å²) in [5.41, 5.74) is 0.696. The lowest BCUT2D eigenvalue weighted by Gasteiger charge is -2.18. The van der Waals surface area contributed by atoms with Gasteiger partial charge in [-0.05, 0) is 13.0 Å². The van der Waals surface area contributed by atoms with Gasteiger partial charge in [-0.3, -0.25) is 14.3 Å². The van der Waals surface area contributed by atoms with E-state index in [1.54, 1.807) is 6.92 Å². The van der Waals surface area contributed by atoms with Gasteiger partial charge in [0.1, 0.15) is 5.69 Å². The van der Waals surface area contributed by atoms with Gasteiger partial charge in [0.05, 0.1) is 17.5 Å². The number of rotatable bonds is 2. The quantitative estimate of drug-likeness (QED) is 0.886. The molecule has 2 atom stereocenters. The number of carboxylic acids is 1. The van der Waals surface area contributed by atoms with E-state index in [2.05, 4.69) is 5.10 Å². The first-order valence-corrected chi connectivity index (χ1v) is 6.20. The van der Waals surface area contributed by atoms with Crippen LogP contribution in [0.2, 0.25) is 0 Å². The summed E-state index contributed by atoms with van der Waals surface area (Å²) < 4.78 is 39.9. The number of halogens is 3. The number of aromatic nitrogens is 2. The van der Waals surface area contributed by atoms with E-state index in [4.69, 9.17) is 5.11 Å². The summed E-state index contributed by atoms with van der Waals surface area (Å²) in [7, 11) is 1.51. The Hall–Kier alpha value is -2.06. The fraction of sp³-hybridized carbons (Fsp3) is 0.583. The molecule has 0 aliphatic carbocycles. The van der Waals surface area contributed by atoms with Gasteiger partial charge < -0.3 is 10.0 Å². The van der Waals surface area contributed by atoms with E-state index in [0.29, 0.717) is 5.69 Å². The molecule has 2 heterocycles. The van der Waals surface area contributed by atoms with Crippen LogP contribution in [-0.2, 0) is 11.8 Å². The van der Waals surface area contributed by atoms with Gasteiger partial charge in [0.25, 0.3) is 5.91 Å². The standard InChI is InChI=1S/C12H14F3N3O3/c1-6-3-9(17(2)16-6)10(19)18-4-7(11(20)21)8(5-18)12(13,14)15/h3,7-8H,4-5H2,1-2H3,(H,20,21)/t7-,8-/m1/s1. The molecule has 0 unspecified atom stereocenters. The lowest BCUT2D eigenvalue weighted by molar-refractivity contribution is -0.187. The molecule has 116 valence electrons. The molecule has 9 heteroatoms. The number of aliphatic carboxylic acids is 1. The zero-order valence-electron chi connectivity index (χ0n) is 11.4. The highest BCUT2D eigenvalue weighted by molar-refractivity contribution is 5.93. The van der Waals surface area contributed by atoms with Gasteiger partial charge in [-0.2, -0.15) is 18.3 Å². The van der Waals surface area contributed by atoms with Crippen LogP contribution >= 0.6 is 0 Å². The number of aryl methyl sites for hydroxylation is 2. The molecule has 1 fully saturated rings. The van der Waals surface area contributed by atoms with Crippen LogP contribution in [0.25, 0.3) is 0 Å². The van der Waals surface area contributed by atoms with Gasteiger partial charge in [-0.25, -0.2) is 0 Å². The Morgan fingerprint density at radius 2 is 2.00 bits per heavy atom. The van der Waals surface area contributed by atoms with Crippen LogP contribution < -0.4 is 0 Å². The molecular weight excluding hydrogens is 291 g/mol. The summed E-state index contributed by atoms with van der Waals surface area (Å²) in [4.78, 5) is 24.1. The summed E-state index contributed by atoms with van der Waals surface area (Å²) in [6.45, 7) is 0.547. The van der Waals surface area contributed by atoms with Crippen LogP contribution in [0.1, 0.15) is 16.2 Å². The molecule has 0 spiro atoms. The number of nitrogens with zero attached hydrogens (tertiary/aromatic N) is 3. The molecule has 0 bridgehead atoms. The number of amides is 1.